The van der Waals surface area contributed by atoms with Crippen molar-refractivity contribution in [3.63, 3.8) is 0 Å². The minimum atomic E-state index is -1.98. The maximum absolute atomic E-state index is 14.9. The number of rotatable bonds is 3. The normalized spacial score (nSPS) is 23.6. The summed E-state index contributed by atoms with van der Waals surface area (Å²) in [7, 11) is 0. The summed E-state index contributed by atoms with van der Waals surface area (Å²) in [4.78, 5) is 12.0. The minimum absolute atomic E-state index is 0.175. The summed E-state index contributed by atoms with van der Waals surface area (Å²) in [6.45, 7) is 3.68. The Bertz CT molecular complexity index is 475. The van der Waals surface area contributed by atoms with E-state index in [-0.39, 0.29) is 12.5 Å². The fourth-order valence-corrected chi connectivity index (χ4v) is 2.51. The first-order valence-corrected chi connectivity index (χ1v) is 6.95. The number of ether oxygens (including phenoxy) is 1. The Labute approximate surface area is 115 Å². The number of benzene rings is 1. The van der Waals surface area contributed by atoms with Crippen LogP contribution in [-0.4, -0.2) is 12.1 Å². The molecule has 0 saturated carbocycles. The van der Waals surface area contributed by atoms with Gasteiger partial charge in [0.15, 0.2) is 0 Å². The van der Waals surface area contributed by atoms with E-state index in [4.69, 9.17) is 4.74 Å². The van der Waals surface area contributed by atoms with Gasteiger partial charge in [0.2, 0.25) is 5.67 Å². The SMILES string of the molecule is CCC(C)OC(=O)C1(F)CCc2ccc(Br)cc21. The Kier molecular flexibility index (Phi) is 3.76. The van der Waals surface area contributed by atoms with Crippen LogP contribution < -0.4 is 0 Å². The van der Waals surface area contributed by atoms with E-state index >= 15 is 0 Å². The van der Waals surface area contributed by atoms with Crippen molar-refractivity contribution in [1.29, 1.82) is 0 Å². The van der Waals surface area contributed by atoms with E-state index in [0.29, 0.717) is 18.4 Å². The lowest BCUT2D eigenvalue weighted by Crippen LogP contribution is -2.33. The number of carbonyl (C=O) groups excluding carboxylic acids is 1. The highest BCUT2D eigenvalue weighted by Gasteiger charge is 2.47. The van der Waals surface area contributed by atoms with E-state index in [1.54, 1.807) is 13.0 Å². The van der Waals surface area contributed by atoms with Crippen molar-refractivity contribution < 1.29 is 13.9 Å². The zero-order valence-electron chi connectivity index (χ0n) is 10.5. The highest BCUT2D eigenvalue weighted by Crippen LogP contribution is 2.42. The zero-order chi connectivity index (χ0) is 13.3. The first kappa shape index (κ1) is 13.5. The molecule has 0 aromatic heterocycles. The fourth-order valence-electron chi connectivity index (χ4n) is 2.15. The van der Waals surface area contributed by atoms with Crippen molar-refractivity contribution in [3.8, 4) is 0 Å². The Balaban J connectivity index is 2.29. The molecule has 1 aromatic rings. The summed E-state index contributed by atoms with van der Waals surface area (Å²) in [5, 5.41) is 0. The molecule has 0 aliphatic heterocycles. The van der Waals surface area contributed by atoms with E-state index in [9.17, 15) is 9.18 Å². The number of fused-ring (bicyclic) bond motifs is 1. The summed E-state index contributed by atoms with van der Waals surface area (Å²) in [5.74, 6) is -0.756. The second-order valence-corrected chi connectivity index (χ2v) is 5.64. The molecule has 0 spiro atoms. The molecular weight excluding hydrogens is 299 g/mol. The van der Waals surface area contributed by atoms with E-state index in [0.717, 1.165) is 10.0 Å². The molecule has 2 nitrogen and oxygen atoms in total. The van der Waals surface area contributed by atoms with E-state index in [2.05, 4.69) is 15.9 Å². The largest absolute Gasteiger partial charge is 0.460 e. The van der Waals surface area contributed by atoms with Crippen LogP contribution in [-0.2, 0) is 21.6 Å². The lowest BCUT2D eigenvalue weighted by Gasteiger charge is -2.21. The number of halogens is 2. The Morgan fingerprint density at radius 3 is 3.00 bits per heavy atom. The predicted molar refractivity (Wildman–Crippen MR) is 71.1 cm³/mol. The third-order valence-corrected chi connectivity index (χ3v) is 3.94. The molecule has 0 N–H and O–H groups in total. The van der Waals surface area contributed by atoms with Crippen LogP contribution in [0.4, 0.5) is 4.39 Å². The maximum Gasteiger partial charge on any atom is 0.348 e. The van der Waals surface area contributed by atoms with Crippen molar-refractivity contribution in [3.05, 3.63) is 33.8 Å². The number of hydrogen-bond donors (Lipinski definition) is 0. The predicted octanol–water partition coefficient (Wildman–Crippen LogP) is 3.90. The number of hydrogen-bond acceptors (Lipinski definition) is 2. The molecule has 2 atom stereocenters. The molecule has 1 aromatic carbocycles. The van der Waals surface area contributed by atoms with Gasteiger partial charge < -0.3 is 4.74 Å². The Morgan fingerprint density at radius 2 is 2.33 bits per heavy atom. The molecule has 1 aliphatic rings. The van der Waals surface area contributed by atoms with Gasteiger partial charge in [0.1, 0.15) is 0 Å². The van der Waals surface area contributed by atoms with Crippen LogP contribution >= 0.6 is 15.9 Å². The third kappa shape index (κ3) is 2.30. The quantitative estimate of drug-likeness (QED) is 0.791. The molecule has 4 heteroatoms. The molecule has 2 rings (SSSR count). The highest BCUT2D eigenvalue weighted by atomic mass is 79.9. The summed E-state index contributed by atoms with van der Waals surface area (Å²) in [6.07, 6.45) is 1.19. The first-order chi connectivity index (χ1) is 8.47. The molecule has 1 aliphatic carbocycles. The maximum atomic E-state index is 14.9. The fraction of sp³-hybridized carbons (Fsp3) is 0.500. The van der Waals surface area contributed by atoms with Gasteiger partial charge in [0.25, 0.3) is 0 Å². The number of carbonyl (C=O) groups is 1. The van der Waals surface area contributed by atoms with Crippen LogP contribution in [0.2, 0.25) is 0 Å². The van der Waals surface area contributed by atoms with Crippen molar-refractivity contribution in [2.45, 2.75) is 44.9 Å². The topological polar surface area (TPSA) is 26.3 Å². The average Bonchev–Trinajstić information content (AvgIpc) is 2.68. The third-order valence-electron chi connectivity index (χ3n) is 3.44. The van der Waals surface area contributed by atoms with Gasteiger partial charge in [-0.1, -0.05) is 28.9 Å². The second kappa shape index (κ2) is 5.00. The number of esters is 1. The van der Waals surface area contributed by atoms with Gasteiger partial charge in [-0.15, -0.1) is 0 Å². The van der Waals surface area contributed by atoms with E-state index < -0.39 is 11.6 Å². The lowest BCUT2D eigenvalue weighted by molar-refractivity contribution is -0.163. The van der Waals surface area contributed by atoms with Crippen LogP contribution in [0.1, 0.15) is 37.8 Å². The molecule has 18 heavy (non-hydrogen) atoms. The van der Waals surface area contributed by atoms with Crippen molar-refractivity contribution >= 4 is 21.9 Å². The van der Waals surface area contributed by atoms with Gasteiger partial charge in [-0.25, -0.2) is 9.18 Å². The molecule has 98 valence electrons. The monoisotopic (exact) mass is 314 g/mol. The summed E-state index contributed by atoms with van der Waals surface area (Å²) in [5.41, 5.74) is -0.644. The molecule has 0 heterocycles. The van der Waals surface area contributed by atoms with Crippen molar-refractivity contribution in [2.24, 2.45) is 0 Å². The van der Waals surface area contributed by atoms with Gasteiger partial charge in [0.05, 0.1) is 6.10 Å². The summed E-state index contributed by atoms with van der Waals surface area (Å²) in [6, 6.07) is 5.40. The number of aryl methyl sites for hydroxylation is 1. The van der Waals surface area contributed by atoms with Crippen LogP contribution in [0.3, 0.4) is 0 Å². The molecule has 0 radical (unpaired) electrons. The van der Waals surface area contributed by atoms with Crippen molar-refractivity contribution in [1.82, 2.24) is 0 Å². The summed E-state index contributed by atoms with van der Waals surface area (Å²) < 4.78 is 20.8. The Hall–Kier alpha value is -0.900. The smallest absolute Gasteiger partial charge is 0.348 e. The van der Waals surface area contributed by atoms with Gasteiger partial charge >= 0.3 is 5.97 Å². The van der Waals surface area contributed by atoms with E-state index in [1.807, 2.05) is 19.1 Å². The van der Waals surface area contributed by atoms with Crippen LogP contribution in [0.5, 0.6) is 0 Å². The van der Waals surface area contributed by atoms with Gasteiger partial charge in [0, 0.05) is 16.5 Å². The molecular formula is C14H16BrFO2. The van der Waals surface area contributed by atoms with Crippen LogP contribution in [0.25, 0.3) is 0 Å². The standard InChI is InChI=1S/C14H16BrFO2/c1-3-9(2)18-13(17)14(16)7-6-10-4-5-11(15)8-12(10)14/h4-5,8-9H,3,6-7H2,1-2H3. The van der Waals surface area contributed by atoms with Gasteiger partial charge in [-0.05, 0) is 37.5 Å². The van der Waals surface area contributed by atoms with Gasteiger partial charge in [-0.2, -0.15) is 0 Å². The van der Waals surface area contributed by atoms with Gasteiger partial charge in [-0.3, -0.25) is 0 Å². The van der Waals surface area contributed by atoms with E-state index in [1.165, 1.54) is 0 Å². The molecule has 0 fully saturated rings. The van der Waals surface area contributed by atoms with Crippen molar-refractivity contribution in [2.75, 3.05) is 0 Å². The lowest BCUT2D eigenvalue weighted by atomic mass is 9.98. The second-order valence-electron chi connectivity index (χ2n) is 4.73. The zero-order valence-corrected chi connectivity index (χ0v) is 12.1. The van der Waals surface area contributed by atoms with Crippen LogP contribution in [0.15, 0.2) is 22.7 Å². The summed E-state index contributed by atoms with van der Waals surface area (Å²) >= 11 is 3.31. The molecule has 2 unspecified atom stereocenters. The number of alkyl halides is 1. The highest BCUT2D eigenvalue weighted by molar-refractivity contribution is 9.10. The molecule has 0 amide bonds. The first-order valence-electron chi connectivity index (χ1n) is 6.16. The average molecular weight is 315 g/mol. The molecule has 0 bridgehead atoms. The molecule has 0 saturated heterocycles. The minimum Gasteiger partial charge on any atom is -0.460 e. The van der Waals surface area contributed by atoms with Crippen LogP contribution in [0, 0.1) is 0 Å². The Morgan fingerprint density at radius 1 is 1.61 bits per heavy atom.